The second-order valence-corrected chi connectivity index (χ2v) is 7.46. The zero-order chi connectivity index (χ0) is 25.8. The van der Waals surface area contributed by atoms with Gasteiger partial charge in [-0.15, -0.1) is 0 Å². The van der Waals surface area contributed by atoms with Gasteiger partial charge < -0.3 is 20.8 Å². The van der Waals surface area contributed by atoms with Crippen LogP contribution in [0.25, 0.3) is 0 Å². The number of carbonyl (C=O) groups excluding carboxylic acids is 2. The molecule has 2 amide bonds. The van der Waals surface area contributed by atoms with Crippen molar-refractivity contribution in [2.75, 3.05) is 10.6 Å². The summed E-state index contributed by atoms with van der Waals surface area (Å²) in [7, 11) is 0. The lowest BCUT2D eigenvalue weighted by Crippen LogP contribution is -2.16. The number of hydrogen-bond donors (Lipinski definition) is 4. The molecule has 2 heterocycles. The van der Waals surface area contributed by atoms with Crippen LogP contribution in [0.15, 0.2) is 60.7 Å². The summed E-state index contributed by atoms with van der Waals surface area (Å²) < 4.78 is 0. The Morgan fingerprint density at radius 3 is 1.46 bits per heavy atom. The highest BCUT2D eigenvalue weighted by Gasteiger charge is 2.12. The summed E-state index contributed by atoms with van der Waals surface area (Å²) in [4.78, 5) is 52.9. The van der Waals surface area contributed by atoms with E-state index in [9.17, 15) is 19.2 Å². The van der Waals surface area contributed by atoms with Crippen molar-refractivity contribution in [1.29, 1.82) is 0 Å². The Bertz CT molecular complexity index is 1120. The fourth-order valence-electron chi connectivity index (χ4n) is 2.79. The van der Waals surface area contributed by atoms with Crippen molar-refractivity contribution in [1.82, 2.24) is 9.97 Å². The van der Waals surface area contributed by atoms with Gasteiger partial charge in [0.1, 0.15) is 11.6 Å². The molecule has 0 saturated heterocycles. The van der Waals surface area contributed by atoms with Crippen molar-refractivity contribution in [2.45, 2.75) is 33.1 Å². The third-order valence-corrected chi connectivity index (χ3v) is 4.43. The number of anilines is 2. The lowest BCUT2D eigenvalue weighted by molar-refractivity contribution is -0.138. The van der Waals surface area contributed by atoms with Crippen LogP contribution in [0, 0.1) is 13.8 Å². The van der Waals surface area contributed by atoms with Gasteiger partial charge >= 0.3 is 11.9 Å². The molecular weight excluding hydrogens is 452 g/mol. The summed E-state index contributed by atoms with van der Waals surface area (Å²) in [5.74, 6) is -1.62. The van der Waals surface area contributed by atoms with Gasteiger partial charge in [0.25, 0.3) is 11.8 Å². The maximum atomic E-state index is 12.4. The predicted octanol–water partition coefficient (Wildman–Crippen LogP) is 3.92. The van der Waals surface area contributed by atoms with Crippen molar-refractivity contribution in [3.63, 3.8) is 0 Å². The second-order valence-electron chi connectivity index (χ2n) is 7.46. The number of amides is 2. The van der Waals surface area contributed by atoms with Crippen molar-refractivity contribution < 1.29 is 29.4 Å². The van der Waals surface area contributed by atoms with Crippen molar-refractivity contribution in [3.8, 4) is 0 Å². The first-order valence-electron chi connectivity index (χ1n) is 10.7. The van der Waals surface area contributed by atoms with E-state index >= 15 is 0 Å². The number of carboxylic acids is 2. The summed E-state index contributed by atoms with van der Waals surface area (Å²) in [6.07, 6.45) is 0.0866. The molecule has 35 heavy (non-hydrogen) atoms. The molecule has 3 rings (SSSR count). The van der Waals surface area contributed by atoms with Crippen LogP contribution in [0.4, 0.5) is 11.6 Å². The second kappa shape index (κ2) is 13.2. The van der Waals surface area contributed by atoms with E-state index in [0.717, 1.165) is 11.4 Å². The minimum atomic E-state index is -0.948. The molecular formula is C25H26N4O6. The SMILES string of the molecule is Cc1cccc(NC(=O)c2cccc(C(=O)Nc3cccc(C)n3)c2)n1.O=C(O)CCCC(=O)O. The summed E-state index contributed by atoms with van der Waals surface area (Å²) in [5, 5.41) is 21.5. The van der Waals surface area contributed by atoms with Crippen LogP contribution in [-0.4, -0.2) is 43.9 Å². The topological polar surface area (TPSA) is 159 Å². The maximum absolute atomic E-state index is 12.4. The van der Waals surface area contributed by atoms with Gasteiger partial charge in [-0.2, -0.15) is 0 Å². The quantitative estimate of drug-likeness (QED) is 0.379. The van der Waals surface area contributed by atoms with Crippen LogP contribution >= 0.6 is 0 Å². The van der Waals surface area contributed by atoms with E-state index in [1.165, 1.54) is 6.07 Å². The molecule has 182 valence electrons. The van der Waals surface area contributed by atoms with E-state index < -0.39 is 11.9 Å². The standard InChI is InChI=1S/C20H18N4O2.C5H8O4/c1-13-6-3-10-17(21-13)23-19(25)15-8-5-9-16(12-15)20(26)24-18-11-4-7-14(2)22-18;6-4(7)2-1-3-5(8)9/h3-12H,1-2H3,(H,21,23,25)(H,22,24,26);1-3H2,(H,6,7)(H,8,9). The average Bonchev–Trinajstić information content (AvgIpc) is 2.79. The molecule has 0 radical (unpaired) electrons. The molecule has 3 aromatic rings. The third-order valence-electron chi connectivity index (χ3n) is 4.43. The van der Waals surface area contributed by atoms with Gasteiger partial charge in [0.15, 0.2) is 0 Å². The van der Waals surface area contributed by atoms with Crippen LogP contribution in [0.2, 0.25) is 0 Å². The molecule has 0 spiro atoms. The number of benzene rings is 1. The first kappa shape index (κ1) is 26.7. The predicted molar refractivity (Wildman–Crippen MR) is 129 cm³/mol. The lowest BCUT2D eigenvalue weighted by Gasteiger charge is -2.08. The summed E-state index contributed by atoms with van der Waals surface area (Å²) in [6, 6.07) is 17.2. The number of carboxylic acid groups (broad SMARTS) is 2. The first-order valence-corrected chi connectivity index (χ1v) is 10.7. The molecule has 0 aliphatic carbocycles. The Morgan fingerprint density at radius 1 is 0.686 bits per heavy atom. The Morgan fingerprint density at radius 2 is 1.09 bits per heavy atom. The Balaban J connectivity index is 0.000000410. The lowest BCUT2D eigenvalue weighted by atomic mass is 10.1. The van der Waals surface area contributed by atoms with Crippen LogP contribution in [0.5, 0.6) is 0 Å². The molecule has 1 aromatic carbocycles. The van der Waals surface area contributed by atoms with Crippen LogP contribution in [0.3, 0.4) is 0 Å². The number of aryl methyl sites for hydroxylation is 2. The first-order chi connectivity index (χ1) is 16.6. The van der Waals surface area contributed by atoms with E-state index in [4.69, 9.17) is 10.2 Å². The zero-order valence-electron chi connectivity index (χ0n) is 19.3. The van der Waals surface area contributed by atoms with Crippen molar-refractivity contribution in [2.24, 2.45) is 0 Å². The highest BCUT2D eigenvalue weighted by atomic mass is 16.4. The number of nitrogens with one attached hydrogen (secondary N) is 2. The number of aliphatic carboxylic acids is 2. The van der Waals surface area contributed by atoms with Gasteiger partial charge in [-0.25, -0.2) is 9.97 Å². The molecule has 0 aliphatic rings. The average molecular weight is 479 g/mol. The number of pyridine rings is 2. The largest absolute Gasteiger partial charge is 0.481 e. The van der Waals surface area contributed by atoms with Crippen LogP contribution < -0.4 is 10.6 Å². The van der Waals surface area contributed by atoms with Gasteiger partial charge in [-0.05, 0) is 62.7 Å². The number of nitrogens with zero attached hydrogens (tertiary/aromatic N) is 2. The molecule has 0 fully saturated rings. The van der Waals surface area contributed by atoms with E-state index in [2.05, 4.69) is 20.6 Å². The molecule has 0 saturated carbocycles. The minimum Gasteiger partial charge on any atom is -0.481 e. The molecule has 0 unspecified atom stereocenters. The van der Waals surface area contributed by atoms with E-state index in [1.54, 1.807) is 30.3 Å². The Labute approximate surface area is 202 Å². The monoisotopic (exact) mass is 478 g/mol. The maximum Gasteiger partial charge on any atom is 0.303 e. The van der Waals surface area contributed by atoms with Crippen molar-refractivity contribution in [3.05, 3.63) is 83.2 Å². The number of carbonyl (C=O) groups is 4. The molecule has 10 nitrogen and oxygen atoms in total. The smallest absolute Gasteiger partial charge is 0.303 e. The number of rotatable bonds is 8. The van der Waals surface area contributed by atoms with Crippen LogP contribution in [-0.2, 0) is 9.59 Å². The highest BCUT2D eigenvalue weighted by Crippen LogP contribution is 2.12. The van der Waals surface area contributed by atoms with Gasteiger partial charge in [0.2, 0.25) is 0 Å². The Hall–Kier alpha value is -4.60. The highest BCUT2D eigenvalue weighted by molar-refractivity contribution is 6.08. The molecule has 0 atom stereocenters. The number of hydrogen-bond acceptors (Lipinski definition) is 6. The molecule has 0 aliphatic heterocycles. The van der Waals surface area contributed by atoms with Gasteiger partial charge in [0, 0.05) is 35.4 Å². The third kappa shape index (κ3) is 9.82. The van der Waals surface area contributed by atoms with Crippen LogP contribution in [0.1, 0.15) is 51.4 Å². The van der Waals surface area contributed by atoms with Crippen molar-refractivity contribution >= 4 is 35.4 Å². The van der Waals surface area contributed by atoms with Gasteiger partial charge in [-0.3, -0.25) is 19.2 Å². The number of aromatic nitrogens is 2. The van der Waals surface area contributed by atoms with E-state index in [-0.39, 0.29) is 31.1 Å². The minimum absolute atomic E-state index is 0.0632. The fraction of sp³-hybridized carbons (Fsp3) is 0.200. The Kier molecular flexibility index (Phi) is 10.0. The molecule has 0 bridgehead atoms. The van der Waals surface area contributed by atoms with Gasteiger partial charge in [-0.1, -0.05) is 18.2 Å². The summed E-state index contributed by atoms with van der Waals surface area (Å²) in [5.41, 5.74) is 2.36. The van der Waals surface area contributed by atoms with E-state index in [1.807, 2.05) is 38.1 Å². The summed E-state index contributed by atoms with van der Waals surface area (Å²) >= 11 is 0. The molecule has 4 N–H and O–H groups in total. The fourth-order valence-corrected chi connectivity index (χ4v) is 2.79. The summed E-state index contributed by atoms with van der Waals surface area (Å²) in [6.45, 7) is 3.69. The van der Waals surface area contributed by atoms with Gasteiger partial charge in [0.05, 0.1) is 0 Å². The molecule has 2 aromatic heterocycles. The zero-order valence-corrected chi connectivity index (χ0v) is 19.3. The molecule has 10 heteroatoms. The normalized spacial score (nSPS) is 9.89. The van der Waals surface area contributed by atoms with E-state index in [0.29, 0.717) is 22.8 Å².